The summed E-state index contributed by atoms with van der Waals surface area (Å²) >= 11 is 1.36. The standard InChI is InChI=1S/C17H14N4O2S/c18-15-10-24-17(20-15)21-19-9-11-4-3-5-12(8-11)13-6-1-2-7-14(13)16(22)23/h1-10H,18H2,(H,20,21)(H,22,23). The summed E-state index contributed by atoms with van der Waals surface area (Å²) in [6, 6.07) is 14.4. The van der Waals surface area contributed by atoms with Gasteiger partial charge < -0.3 is 10.8 Å². The van der Waals surface area contributed by atoms with Crippen LogP contribution in [-0.2, 0) is 0 Å². The van der Waals surface area contributed by atoms with Crippen LogP contribution in [0.1, 0.15) is 15.9 Å². The van der Waals surface area contributed by atoms with Crippen LogP contribution in [0.15, 0.2) is 59.0 Å². The van der Waals surface area contributed by atoms with Gasteiger partial charge in [-0.3, -0.25) is 5.43 Å². The highest BCUT2D eigenvalue weighted by Crippen LogP contribution is 2.24. The molecule has 0 amide bonds. The van der Waals surface area contributed by atoms with Crippen LogP contribution < -0.4 is 11.2 Å². The molecule has 0 saturated carbocycles. The van der Waals surface area contributed by atoms with E-state index in [4.69, 9.17) is 5.73 Å². The van der Waals surface area contributed by atoms with Crippen LogP contribution in [0.5, 0.6) is 0 Å². The summed E-state index contributed by atoms with van der Waals surface area (Å²) in [6.45, 7) is 0. The monoisotopic (exact) mass is 338 g/mol. The van der Waals surface area contributed by atoms with Gasteiger partial charge in [0.15, 0.2) is 0 Å². The van der Waals surface area contributed by atoms with Crippen LogP contribution in [-0.4, -0.2) is 22.3 Å². The average Bonchev–Trinajstić information content (AvgIpc) is 3.00. The Morgan fingerprint density at radius 2 is 2.08 bits per heavy atom. The van der Waals surface area contributed by atoms with Gasteiger partial charge in [-0.1, -0.05) is 36.4 Å². The summed E-state index contributed by atoms with van der Waals surface area (Å²) in [5.74, 6) is -0.502. The molecular weight excluding hydrogens is 324 g/mol. The number of nitrogens with zero attached hydrogens (tertiary/aromatic N) is 2. The van der Waals surface area contributed by atoms with Crippen LogP contribution in [0.3, 0.4) is 0 Å². The zero-order valence-corrected chi connectivity index (χ0v) is 13.3. The summed E-state index contributed by atoms with van der Waals surface area (Å²) in [6.07, 6.45) is 1.64. The molecule has 0 saturated heterocycles. The van der Waals surface area contributed by atoms with Crippen LogP contribution in [0.25, 0.3) is 11.1 Å². The highest BCUT2D eigenvalue weighted by molar-refractivity contribution is 7.14. The number of carboxylic acid groups (broad SMARTS) is 1. The SMILES string of the molecule is Nc1csc(NN=Cc2cccc(-c3ccccc3C(=O)O)c2)n1. The Morgan fingerprint density at radius 1 is 1.25 bits per heavy atom. The molecule has 3 rings (SSSR count). The van der Waals surface area contributed by atoms with Crippen LogP contribution in [0.4, 0.5) is 10.9 Å². The minimum Gasteiger partial charge on any atom is -0.478 e. The normalized spacial score (nSPS) is 10.8. The van der Waals surface area contributed by atoms with E-state index in [9.17, 15) is 9.90 Å². The molecule has 24 heavy (non-hydrogen) atoms. The maximum atomic E-state index is 11.4. The number of nitrogens with one attached hydrogen (secondary N) is 1. The average molecular weight is 338 g/mol. The molecule has 1 heterocycles. The second kappa shape index (κ2) is 6.93. The first-order chi connectivity index (χ1) is 11.6. The number of rotatable bonds is 5. The molecule has 0 unspecified atom stereocenters. The number of aromatic nitrogens is 1. The second-order valence-electron chi connectivity index (χ2n) is 4.92. The van der Waals surface area contributed by atoms with Gasteiger partial charge in [-0.2, -0.15) is 5.10 Å². The van der Waals surface area contributed by atoms with E-state index in [1.165, 1.54) is 11.3 Å². The van der Waals surface area contributed by atoms with Crippen molar-refractivity contribution in [1.82, 2.24) is 4.98 Å². The van der Waals surface area contributed by atoms with Crippen molar-refractivity contribution in [3.05, 3.63) is 65.0 Å². The smallest absolute Gasteiger partial charge is 0.336 e. The van der Waals surface area contributed by atoms with Crippen molar-refractivity contribution in [1.29, 1.82) is 0 Å². The maximum Gasteiger partial charge on any atom is 0.336 e. The molecule has 4 N–H and O–H groups in total. The van der Waals surface area contributed by atoms with Gasteiger partial charge in [0.05, 0.1) is 11.8 Å². The zero-order valence-electron chi connectivity index (χ0n) is 12.5. The number of carbonyl (C=O) groups is 1. The predicted octanol–water partition coefficient (Wildman–Crippen LogP) is 3.54. The van der Waals surface area contributed by atoms with E-state index < -0.39 is 5.97 Å². The first kappa shape index (κ1) is 15.7. The number of carboxylic acids is 1. The lowest BCUT2D eigenvalue weighted by Crippen LogP contribution is -1.99. The molecule has 0 radical (unpaired) electrons. The molecule has 0 spiro atoms. The third kappa shape index (κ3) is 3.58. The highest BCUT2D eigenvalue weighted by atomic mass is 32.1. The Labute approximate surface area is 142 Å². The lowest BCUT2D eigenvalue weighted by molar-refractivity contribution is 0.0697. The van der Waals surface area contributed by atoms with Crippen LogP contribution >= 0.6 is 11.3 Å². The van der Waals surface area contributed by atoms with E-state index in [0.29, 0.717) is 16.5 Å². The fourth-order valence-corrected chi connectivity index (χ4v) is 2.76. The van der Waals surface area contributed by atoms with Gasteiger partial charge in [-0.25, -0.2) is 9.78 Å². The van der Waals surface area contributed by atoms with Crippen LogP contribution in [0, 0.1) is 0 Å². The number of nitrogens with two attached hydrogens (primary N) is 1. The lowest BCUT2D eigenvalue weighted by Gasteiger charge is -2.06. The Hall–Kier alpha value is -3.19. The molecule has 0 aliphatic carbocycles. The molecule has 3 aromatic rings. The van der Waals surface area contributed by atoms with Crippen molar-refractivity contribution < 1.29 is 9.90 Å². The largest absolute Gasteiger partial charge is 0.478 e. The number of aromatic carboxylic acids is 1. The number of benzene rings is 2. The van der Waals surface area contributed by atoms with Gasteiger partial charge in [-0.15, -0.1) is 11.3 Å². The Kier molecular flexibility index (Phi) is 4.53. The molecular formula is C17H14N4O2S. The van der Waals surface area contributed by atoms with E-state index in [-0.39, 0.29) is 5.56 Å². The van der Waals surface area contributed by atoms with Gasteiger partial charge in [0, 0.05) is 5.38 Å². The highest BCUT2D eigenvalue weighted by Gasteiger charge is 2.10. The predicted molar refractivity (Wildman–Crippen MR) is 96.6 cm³/mol. The van der Waals surface area contributed by atoms with Gasteiger partial charge >= 0.3 is 5.97 Å². The lowest BCUT2D eigenvalue weighted by atomic mass is 9.98. The number of hydrogen-bond acceptors (Lipinski definition) is 6. The first-order valence-corrected chi connectivity index (χ1v) is 7.94. The van der Waals surface area contributed by atoms with E-state index in [0.717, 1.165) is 11.1 Å². The Balaban J connectivity index is 1.83. The Morgan fingerprint density at radius 3 is 2.83 bits per heavy atom. The third-order valence-electron chi connectivity index (χ3n) is 3.25. The van der Waals surface area contributed by atoms with Gasteiger partial charge in [-0.05, 0) is 28.8 Å². The number of thiazole rings is 1. The molecule has 6 nitrogen and oxygen atoms in total. The van der Waals surface area contributed by atoms with E-state index in [2.05, 4.69) is 15.5 Å². The third-order valence-corrected chi connectivity index (χ3v) is 4.02. The summed E-state index contributed by atoms with van der Waals surface area (Å²) in [5.41, 5.74) is 10.9. The van der Waals surface area contributed by atoms with Crippen molar-refractivity contribution in [2.75, 3.05) is 11.2 Å². The molecule has 0 bridgehead atoms. The zero-order chi connectivity index (χ0) is 16.9. The quantitative estimate of drug-likeness (QED) is 0.488. The summed E-state index contributed by atoms with van der Waals surface area (Å²) in [4.78, 5) is 15.4. The molecule has 0 aliphatic heterocycles. The Bertz CT molecular complexity index is 905. The van der Waals surface area contributed by atoms with Crippen molar-refractivity contribution in [3.8, 4) is 11.1 Å². The van der Waals surface area contributed by atoms with Crippen molar-refractivity contribution in [2.45, 2.75) is 0 Å². The van der Waals surface area contributed by atoms with Gasteiger partial charge in [0.25, 0.3) is 0 Å². The van der Waals surface area contributed by atoms with E-state index in [1.54, 1.807) is 29.8 Å². The second-order valence-corrected chi connectivity index (χ2v) is 5.78. The molecule has 1 aromatic heterocycles. The van der Waals surface area contributed by atoms with Gasteiger partial charge in [0.1, 0.15) is 5.82 Å². The summed E-state index contributed by atoms with van der Waals surface area (Å²) in [7, 11) is 0. The molecule has 0 atom stereocenters. The maximum absolute atomic E-state index is 11.4. The molecule has 2 aromatic carbocycles. The minimum atomic E-state index is -0.951. The molecule has 0 fully saturated rings. The van der Waals surface area contributed by atoms with E-state index in [1.807, 2.05) is 30.3 Å². The molecule has 120 valence electrons. The van der Waals surface area contributed by atoms with E-state index >= 15 is 0 Å². The van der Waals surface area contributed by atoms with Crippen LogP contribution in [0.2, 0.25) is 0 Å². The number of anilines is 2. The molecule has 0 aliphatic rings. The van der Waals surface area contributed by atoms with Gasteiger partial charge in [0.2, 0.25) is 5.13 Å². The fourth-order valence-electron chi connectivity index (χ4n) is 2.21. The summed E-state index contributed by atoms with van der Waals surface area (Å²) in [5, 5.41) is 15.8. The number of hydrazone groups is 1. The fraction of sp³-hybridized carbons (Fsp3) is 0. The van der Waals surface area contributed by atoms with Crippen molar-refractivity contribution in [2.24, 2.45) is 5.10 Å². The minimum absolute atomic E-state index is 0.267. The molecule has 7 heteroatoms. The number of nitrogen functional groups attached to an aromatic ring is 1. The van der Waals surface area contributed by atoms with Crippen molar-refractivity contribution >= 4 is 34.5 Å². The summed E-state index contributed by atoms with van der Waals surface area (Å²) < 4.78 is 0. The first-order valence-electron chi connectivity index (χ1n) is 7.06. The van der Waals surface area contributed by atoms with Crippen molar-refractivity contribution in [3.63, 3.8) is 0 Å². The topological polar surface area (TPSA) is 101 Å². The number of hydrogen-bond donors (Lipinski definition) is 3.